The van der Waals surface area contributed by atoms with Gasteiger partial charge in [0.15, 0.2) is 0 Å². The standard InChI is InChI=1S/C27H28FN3/c1-20-11-12-26(28)25-13-14-31(27(20)25)24-10-6-9-23(19-24)30-17-15-29(16-18-30)21(2)22-7-4-3-5-8-22/h3-14,19,21H,15-18H2,1-2H3. The highest BCUT2D eigenvalue weighted by Gasteiger charge is 2.22. The number of aryl methyl sites for hydroxylation is 1. The SMILES string of the molecule is Cc1ccc(F)c2ccn(-c3cccc(N4CCN(C(C)c5ccccc5)CC4)c3)c12. The fraction of sp³-hybridized carbons (Fsp3) is 0.259. The molecule has 1 saturated heterocycles. The second-order valence-electron chi connectivity index (χ2n) is 8.44. The zero-order valence-electron chi connectivity index (χ0n) is 18.1. The second-order valence-corrected chi connectivity index (χ2v) is 8.44. The third-order valence-corrected chi connectivity index (χ3v) is 6.61. The van der Waals surface area contributed by atoms with Gasteiger partial charge >= 0.3 is 0 Å². The van der Waals surface area contributed by atoms with Crippen LogP contribution in [0.2, 0.25) is 0 Å². The first-order valence-electron chi connectivity index (χ1n) is 11.0. The predicted octanol–water partition coefficient (Wildman–Crippen LogP) is 5.96. The van der Waals surface area contributed by atoms with Crippen LogP contribution in [0.5, 0.6) is 0 Å². The normalized spacial score (nSPS) is 16.0. The number of halogens is 1. The molecule has 0 spiro atoms. The Morgan fingerprint density at radius 1 is 0.806 bits per heavy atom. The lowest BCUT2D eigenvalue weighted by Gasteiger charge is -2.39. The van der Waals surface area contributed by atoms with Crippen molar-refractivity contribution in [1.82, 2.24) is 9.47 Å². The molecule has 2 heterocycles. The number of nitrogens with zero attached hydrogens (tertiary/aromatic N) is 3. The average molecular weight is 414 g/mol. The molecule has 1 fully saturated rings. The summed E-state index contributed by atoms with van der Waals surface area (Å²) < 4.78 is 16.4. The Morgan fingerprint density at radius 3 is 2.32 bits per heavy atom. The summed E-state index contributed by atoms with van der Waals surface area (Å²) in [5.74, 6) is -0.167. The van der Waals surface area contributed by atoms with E-state index in [1.165, 1.54) is 11.3 Å². The third kappa shape index (κ3) is 3.72. The van der Waals surface area contributed by atoms with E-state index in [2.05, 4.69) is 75.9 Å². The van der Waals surface area contributed by atoms with Crippen molar-refractivity contribution in [3.63, 3.8) is 0 Å². The van der Waals surface area contributed by atoms with E-state index in [1.807, 2.05) is 25.3 Å². The predicted molar refractivity (Wildman–Crippen MR) is 127 cm³/mol. The average Bonchev–Trinajstić information content (AvgIpc) is 3.29. The largest absolute Gasteiger partial charge is 0.369 e. The monoisotopic (exact) mass is 413 g/mol. The summed E-state index contributed by atoms with van der Waals surface area (Å²) in [5.41, 5.74) is 5.69. The molecule has 0 N–H and O–H groups in total. The number of rotatable bonds is 4. The minimum atomic E-state index is -0.167. The topological polar surface area (TPSA) is 11.4 Å². The number of aromatic nitrogens is 1. The lowest BCUT2D eigenvalue weighted by Crippen LogP contribution is -2.47. The summed E-state index contributed by atoms with van der Waals surface area (Å²) in [6.07, 6.45) is 1.97. The van der Waals surface area contributed by atoms with E-state index in [9.17, 15) is 4.39 Å². The summed E-state index contributed by atoms with van der Waals surface area (Å²) in [7, 11) is 0. The number of hydrogen-bond donors (Lipinski definition) is 0. The highest BCUT2D eigenvalue weighted by molar-refractivity contribution is 5.85. The Hall–Kier alpha value is -3.11. The van der Waals surface area contributed by atoms with Crippen LogP contribution in [0.1, 0.15) is 24.1 Å². The van der Waals surface area contributed by atoms with Crippen molar-refractivity contribution in [2.75, 3.05) is 31.1 Å². The van der Waals surface area contributed by atoms with Gasteiger partial charge in [0, 0.05) is 55.2 Å². The van der Waals surface area contributed by atoms with E-state index in [-0.39, 0.29) is 5.82 Å². The molecule has 4 heteroatoms. The maximum Gasteiger partial charge on any atom is 0.132 e. The van der Waals surface area contributed by atoms with Gasteiger partial charge in [-0.05, 0) is 55.3 Å². The quantitative estimate of drug-likeness (QED) is 0.409. The van der Waals surface area contributed by atoms with Crippen molar-refractivity contribution in [2.45, 2.75) is 19.9 Å². The Morgan fingerprint density at radius 2 is 1.55 bits per heavy atom. The fourth-order valence-electron chi connectivity index (χ4n) is 4.76. The summed E-state index contributed by atoms with van der Waals surface area (Å²) >= 11 is 0. The molecule has 1 aliphatic rings. The molecule has 4 aromatic rings. The Kier molecular flexibility index (Phi) is 5.24. The maximum atomic E-state index is 14.3. The zero-order valence-corrected chi connectivity index (χ0v) is 18.1. The number of hydrogen-bond acceptors (Lipinski definition) is 2. The van der Waals surface area contributed by atoms with E-state index in [4.69, 9.17) is 0 Å². The van der Waals surface area contributed by atoms with E-state index in [1.54, 1.807) is 6.07 Å². The van der Waals surface area contributed by atoms with Crippen LogP contribution in [0.3, 0.4) is 0 Å². The highest BCUT2D eigenvalue weighted by atomic mass is 19.1. The van der Waals surface area contributed by atoms with Gasteiger partial charge < -0.3 is 9.47 Å². The molecule has 1 aromatic heterocycles. The van der Waals surface area contributed by atoms with Crippen molar-refractivity contribution in [1.29, 1.82) is 0 Å². The Labute approximate surface area is 183 Å². The van der Waals surface area contributed by atoms with E-state index in [0.717, 1.165) is 42.9 Å². The lowest BCUT2D eigenvalue weighted by atomic mass is 10.1. The molecule has 31 heavy (non-hydrogen) atoms. The van der Waals surface area contributed by atoms with Crippen molar-refractivity contribution in [2.24, 2.45) is 0 Å². The number of benzene rings is 3. The van der Waals surface area contributed by atoms with Crippen LogP contribution in [0.4, 0.5) is 10.1 Å². The highest BCUT2D eigenvalue weighted by Crippen LogP contribution is 2.29. The molecule has 0 bridgehead atoms. The van der Waals surface area contributed by atoms with Crippen molar-refractivity contribution in [3.05, 3.63) is 95.9 Å². The van der Waals surface area contributed by atoms with Crippen LogP contribution < -0.4 is 4.90 Å². The molecule has 158 valence electrons. The van der Waals surface area contributed by atoms with Gasteiger partial charge in [-0.2, -0.15) is 0 Å². The lowest BCUT2D eigenvalue weighted by molar-refractivity contribution is 0.198. The molecule has 1 aliphatic heterocycles. The van der Waals surface area contributed by atoms with Crippen molar-refractivity contribution < 1.29 is 4.39 Å². The van der Waals surface area contributed by atoms with Gasteiger partial charge in [0.05, 0.1) is 5.52 Å². The van der Waals surface area contributed by atoms with Gasteiger partial charge in [-0.15, -0.1) is 0 Å². The van der Waals surface area contributed by atoms with Gasteiger partial charge in [-0.25, -0.2) is 4.39 Å². The van der Waals surface area contributed by atoms with Crippen LogP contribution in [0.25, 0.3) is 16.6 Å². The van der Waals surface area contributed by atoms with Gasteiger partial charge in [-0.1, -0.05) is 42.5 Å². The number of anilines is 1. The molecular formula is C27H28FN3. The molecule has 0 amide bonds. The molecule has 0 saturated carbocycles. The van der Waals surface area contributed by atoms with Crippen molar-refractivity contribution >= 4 is 16.6 Å². The minimum absolute atomic E-state index is 0.167. The van der Waals surface area contributed by atoms with E-state index < -0.39 is 0 Å². The first kappa shape index (κ1) is 19.8. The van der Waals surface area contributed by atoms with Crippen LogP contribution in [0, 0.1) is 12.7 Å². The number of fused-ring (bicyclic) bond motifs is 1. The zero-order chi connectivity index (χ0) is 21.4. The van der Waals surface area contributed by atoms with E-state index in [0.29, 0.717) is 11.4 Å². The van der Waals surface area contributed by atoms with Crippen molar-refractivity contribution in [3.8, 4) is 5.69 Å². The maximum absolute atomic E-state index is 14.3. The fourth-order valence-corrected chi connectivity index (χ4v) is 4.76. The van der Waals surface area contributed by atoms with E-state index >= 15 is 0 Å². The molecule has 0 radical (unpaired) electrons. The summed E-state index contributed by atoms with van der Waals surface area (Å²) in [6.45, 7) is 8.41. The number of piperazine rings is 1. The molecule has 1 unspecified atom stereocenters. The van der Waals surface area contributed by atoms with Crippen LogP contribution in [0.15, 0.2) is 79.0 Å². The van der Waals surface area contributed by atoms with Crippen LogP contribution in [-0.4, -0.2) is 35.6 Å². The molecule has 0 aliphatic carbocycles. The Balaban J connectivity index is 1.36. The van der Waals surface area contributed by atoms with Gasteiger partial charge in [-0.3, -0.25) is 4.90 Å². The molecule has 1 atom stereocenters. The first-order chi connectivity index (χ1) is 15.1. The summed E-state index contributed by atoms with van der Waals surface area (Å²) in [5, 5.41) is 0.675. The second kappa shape index (κ2) is 8.20. The molecular weight excluding hydrogens is 385 g/mol. The third-order valence-electron chi connectivity index (χ3n) is 6.61. The molecule has 3 aromatic carbocycles. The van der Waals surface area contributed by atoms with Crippen LogP contribution in [-0.2, 0) is 0 Å². The van der Waals surface area contributed by atoms with Gasteiger partial charge in [0.25, 0.3) is 0 Å². The minimum Gasteiger partial charge on any atom is -0.369 e. The first-order valence-corrected chi connectivity index (χ1v) is 11.0. The summed E-state index contributed by atoms with van der Waals surface area (Å²) in [4.78, 5) is 5.01. The van der Waals surface area contributed by atoms with Crippen LogP contribution >= 0.6 is 0 Å². The summed E-state index contributed by atoms with van der Waals surface area (Å²) in [6, 6.07) is 25.0. The molecule has 3 nitrogen and oxygen atoms in total. The van der Waals surface area contributed by atoms with Gasteiger partial charge in [0.1, 0.15) is 5.82 Å². The smallest absolute Gasteiger partial charge is 0.132 e. The van der Waals surface area contributed by atoms with Gasteiger partial charge in [0.2, 0.25) is 0 Å². The molecule has 5 rings (SSSR count). The Bertz CT molecular complexity index is 1190.